The van der Waals surface area contributed by atoms with E-state index in [1.54, 1.807) is 0 Å². The van der Waals surface area contributed by atoms with Crippen molar-refractivity contribution in [1.29, 1.82) is 0 Å². The number of nitrogens with one attached hydrogen (secondary N) is 2. The molecule has 0 spiro atoms. The predicted octanol–water partition coefficient (Wildman–Crippen LogP) is 4.95. The maximum atomic E-state index is 13.5. The predicted molar refractivity (Wildman–Crippen MR) is 134 cm³/mol. The third-order valence-corrected chi connectivity index (χ3v) is 6.43. The minimum Gasteiger partial charge on any atom is -0.496 e. The molecule has 0 aliphatic carbocycles. The Morgan fingerprint density at radius 2 is 1.60 bits per heavy atom. The molecule has 0 saturated carbocycles. The highest BCUT2D eigenvalue weighted by Crippen LogP contribution is 2.38. The topological polar surface area (TPSA) is 132 Å². The number of aromatic nitrogens is 3. The molecule has 0 aliphatic rings. The third-order valence-electron chi connectivity index (χ3n) is 5.50. The molecule has 2 heterocycles. The van der Waals surface area contributed by atoms with Crippen LogP contribution in [-0.2, 0) is 22.7 Å². The van der Waals surface area contributed by atoms with E-state index in [-0.39, 0.29) is 45.5 Å². The van der Waals surface area contributed by atoms with Gasteiger partial charge in [0.25, 0.3) is 0 Å². The Labute approximate surface area is 223 Å². The Hall–Kier alpha value is -4.18. The van der Waals surface area contributed by atoms with Gasteiger partial charge >= 0.3 is 12.4 Å². The summed E-state index contributed by atoms with van der Waals surface area (Å²) in [6.45, 7) is -1.38. The second kappa shape index (κ2) is 10.8. The number of primary sulfonamides is 1. The summed E-state index contributed by atoms with van der Waals surface area (Å²) in [7, 11) is -2.79. The highest BCUT2D eigenvalue weighted by atomic mass is 32.2. The first-order valence-corrected chi connectivity index (χ1v) is 12.8. The number of halogens is 6. The average molecular weight is 587 g/mol. The molecule has 2 aromatic heterocycles. The summed E-state index contributed by atoms with van der Waals surface area (Å²) in [5.74, 6) is -0.783. The van der Waals surface area contributed by atoms with E-state index in [0.29, 0.717) is 5.56 Å². The molecular weight excluding hydrogens is 566 g/mol. The molecule has 16 heteroatoms. The van der Waals surface area contributed by atoms with Crippen LogP contribution in [0.4, 0.5) is 38.1 Å². The van der Waals surface area contributed by atoms with Crippen molar-refractivity contribution in [2.24, 2.45) is 5.14 Å². The molecule has 4 aromatic rings. The highest BCUT2D eigenvalue weighted by Gasteiger charge is 2.35. The number of nitrogens with two attached hydrogens (primary N) is 1. The minimum absolute atomic E-state index is 0.0370. The zero-order chi connectivity index (χ0) is 29.3. The number of sulfonamides is 1. The molecule has 0 bridgehead atoms. The summed E-state index contributed by atoms with van der Waals surface area (Å²) in [4.78, 5) is 12.5. The van der Waals surface area contributed by atoms with Crippen LogP contribution in [0.15, 0.2) is 59.5 Å². The first-order chi connectivity index (χ1) is 18.6. The first kappa shape index (κ1) is 28.8. The lowest BCUT2D eigenvalue weighted by molar-refractivity contribution is -0.138. The normalized spacial score (nSPS) is 12.4. The van der Waals surface area contributed by atoms with Gasteiger partial charge in [0.2, 0.25) is 16.0 Å². The molecule has 0 unspecified atom stereocenters. The maximum absolute atomic E-state index is 13.5. The lowest BCUT2D eigenvalue weighted by Gasteiger charge is -2.15. The van der Waals surface area contributed by atoms with Gasteiger partial charge in [-0.1, -0.05) is 12.1 Å². The summed E-state index contributed by atoms with van der Waals surface area (Å²) in [6.07, 6.45) is -9.33. The third kappa shape index (κ3) is 6.87. The fraction of sp³-hybridized carbons (Fsp3) is 0.208. The van der Waals surface area contributed by atoms with Crippen LogP contribution in [0.2, 0.25) is 0 Å². The molecule has 9 nitrogen and oxygen atoms in total. The van der Waals surface area contributed by atoms with Gasteiger partial charge in [0.05, 0.1) is 28.8 Å². The first-order valence-electron chi connectivity index (χ1n) is 11.2. The van der Waals surface area contributed by atoms with Crippen molar-refractivity contribution in [3.05, 3.63) is 65.7 Å². The van der Waals surface area contributed by atoms with Gasteiger partial charge in [-0.25, -0.2) is 23.5 Å². The zero-order valence-electron chi connectivity index (χ0n) is 20.4. The molecule has 0 radical (unpaired) electrons. The molecule has 4 N–H and O–H groups in total. The number of pyridine rings is 1. The number of fused-ring (bicyclic) bond motifs is 1. The fourth-order valence-electron chi connectivity index (χ4n) is 3.63. The van der Waals surface area contributed by atoms with Gasteiger partial charge in [0.15, 0.2) is 5.82 Å². The summed E-state index contributed by atoms with van der Waals surface area (Å²) in [5.41, 5.74) is -0.363. The molecule has 2 aromatic carbocycles. The number of benzene rings is 2. The van der Waals surface area contributed by atoms with Crippen molar-refractivity contribution in [1.82, 2.24) is 15.0 Å². The number of nitrogens with zero attached hydrogens (tertiary/aromatic N) is 3. The van der Waals surface area contributed by atoms with E-state index >= 15 is 0 Å². The van der Waals surface area contributed by atoms with Crippen LogP contribution >= 0.6 is 0 Å². The number of anilines is 2. The molecule has 212 valence electrons. The lowest BCUT2D eigenvalue weighted by atomic mass is 10.1. The van der Waals surface area contributed by atoms with E-state index in [0.717, 1.165) is 19.2 Å². The van der Waals surface area contributed by atoms with Crippen molar-refractivity contribution < 1.29 is 39.5 Å². The van der Waals surface area contributed by atoms with Gasteiger partial charge in [0.1, 0.15) is 17.8 Å². The van der Waals surface area contributed by atoms with Crippen LogP contribution in [-0.4, -0.2) is 43.2 Å². The summed E-state index contributed by atoms with van der Waals surface area (Å²) in [5, 5.41) is 10.1. The van der Waals surface area contributed by atoms with Crippen molar-refractivity contribution >= 4 is 32.8 Å². The van der Waals surface area contributed by atoms with E-state index in [2.05, 4.69) is 25.6 Å². The zero-order valence-corrected chi connectivity index (χ0v) is 21.2. The summed E-state index contributed by atoms with van der Waals surface area (Å²) >= 11 is 0. The summed E-state index contributed by atoms with van der Waals surface area (Å²) < 4.78 is 107. The van der Waals surface area contributed by atoms with Gasteiger partial charge in [-0.2, -0.15) is 31.3 Å². The SMILES string of the molecule is COc1ccc(-c2ccc3nc(NCc4ccc(S(N)(=O)=O)cc4)nc(NCC(F)(F)F)c3n2)cc1C(F)(F)F. The van der Waals surface area contributed by atoms with Crippen molar-refractivity contribution in [3.8, 4) is 17.0 Å². The number of methoxy groups -OCH3 is 1. The smallest absolute Gasteiger partial charge is 0.419 e. The van der Waals surface area contributed by atoms with Crippen molar-refractivity contribution in [2.45, 2.75) is 23.8 Å². The van der Waals surface area contributed by atoms with E-state index in [1.807, 2.05) is 0 Å². The van der Waals surface area contributed by atoms with Crippen LogP contribution < -0.4 is 20.5 Å². The largest absolute Gasteiger partial charge is 0.496 e. The van der Waals surface area contributed by atoms with E-state index in [9.17, 15) is 34.8 Å². The van der Waals surface area contributed by atoms with Crippen LogP contribution in [0.1, 0.15) is 11.1 Å². The summed E-state index contributed by atoms with van der Waals surface area (Å²) in [6, 6.07) is 11.6. The number of hydrogen-bond donors (Lipinski definition) is 3. The Kier molecular flexibility index (Phi) is 7.76. The Bertz CT molecular complexity index is 1640. The molecule has 0 saturated heterocycles. The highest BCUT2D eigenvalue weighted by molar-refractivity contribution is 7.89. The Balaban J connectivity index is 1.70. The average Bonchev–Trinajstić information content (AvgIpc) is 2.88. The number of alkyl halides is 6. The van der Waals surface area contributed by atoms with E-state index in [4.69, 9.17) is 9.88 Å². The van der Waals surface area contributed by atoms with E-state index in [1.165, 1.54) is 42.5 Å². The van der Waals surface area contributed by atoms with Crippen molar-refractivity contribution in [2.75, 3.05) is 24.3 Å². The molecular formula is C24H20F6N6O3S. The standard InChI is InChI=1S/C24H20F6N6O3S/c1-39-19-9-4-14(10-16(19)24(28,29)30)17-7-8-18-20(34-17)21(33-12-23(25,26)27)36-22(35-18)32-11-13-2-5-15(6-3-13)40(31,37)38/h2-10H,11-12H2,1H3,(H2,31,37,38)(H2,32,33,35,36). The number of hydrogen-bond acceptors (Lipinski definition) is 8. The molecule has 0 fully saturated rings. The number of rotatable bonds is 8. The molecule has 40 heavy (non-hydrogen) atoms. The molecule has 4 rings (SSSR count). The van der Waals surface area contributed by atoms with Gasteiger partial charge < -0.3 is 15.4 Å². The van der Waals surface area contributed by atoms with Crippen LogP contribution in [0.5, 0.6) is 5.75 Å². The second-order valence-corrected chi connectivity index (χ2v) is 9.95. The van der Waals surface area contributed by atoms with Crippen LogP contribution in [0.25, 0.3) is 22.3 Å². The van der Waals surface area contributed by atoms with Gasteiger partial charge in [-0.3, -0.25) is 0 Å². The maximum Gasteiger partial charge on any atom is 0.419 e. The van der Waals surface area contributed by atoms with Crippen molar-refractivity contribution in [3.63, 3.8) is 0 Å². The molecule has 0 aliphatic heterocycles. The molecule has 0 amide bonds. The van der Waals surface area contributed by atoms with Crippen LogP contribution in [0.3, 0.4) is 0 Å². The minimum atomic E-state index is -4.72. The lowest BCUT2D eigenvalue weighted by Crippen LogP contribution is -2.22. The quantitative estimate of drug-likeness (QED) is 0.247. The van der Waals surface area contributed by atoms with Gasteiger partial charge in [-0.15, -0.1) is 0 Å². The molecule has 0 atom stereocenters. The number of ether oxygens (including phenoxy) is 1. The second-order valence-electron chi connectivity index (χ2n) is 8.38. The van der Waals surface area contributed by atoms with E-state index < -0.39 is 40.2 Å². The van der Waals surface area contributed by atoms with Gasteiger partial charge in [-0.05, 0) is 48.0 Å². The fourth-order valence-corrected chi connectivity index (χ4v) is 4.14. The Morgan fingerprint density at radius 3 is 2.20 bits per heavy atom. The van der Waals surface area contributed by atoms with Crippen LogP contribution in [0, 0.1) is 0 Å². The Morgan fingerprint density at radius 1 is 0.900 bits per heavy atom. The van der Waals surface area contributed by atoms with Gasteiger partial charge in [0, 0.05) is 12.1 Å². The monoisotopic (exact) mass is 586 g/mol.